The predicted molar refractivity (Wildman–Crippen MR) is 142 cm³/mol. The van der Waals surface area contributed by atoms with Crippen LogP contribution in [0, 0.1) is 17.2 Å². The molecule has 2 N–H and O–H groups in total. The molecule has 3 atom stereocenters. The van der Waals surface area contributed by atoms with E-state index in [1.165, 1.54) is 0 Å². The average molecular weight is 514 g/mol. The number of hydrogen-bond donors (Lipinski definition) is 2. The highest BCUT2D eigenvalue weighted by molar-refractivity contribution is 7.18. The van der Waals surface area contributed by atoms with Crippen LogP contribution in [0.1, 0.15) is 39.2 Å². The highest BCUT2D eigenvalue weighted by Crippen LogP contribution is 2.43. The molecule has 0 radical (unpaired) electrons. The third-order valence-electron chi connectivity index (χ3n) is 7.06. The first-order valence-electron chi connectivity index (χ1n) is 12.4. The van der Waals surface area contributed by atoms with E-state index in [0.29, 0.717) is 17.5 Å². The first kappa shape index (κ1) is 23.4. The average Bonchev–Trinajstić information content (AvgIpc) is 3.65. The molecule has 2 aliphatic rings. The molecular formula is C26H27N9OS. The van der Waals surface area contributed by atoms with Gasteiger partial charge in [0.05, 0.1) is 34.2 Å². The van der Waals surface area contributed by atoms with Crippen LogP contribution in [0.2, 0.25) is 0 Å². The van der Waals surface area contributed by atoms with Crippen LogP contribution in [0.3, 0.4) is 0 Å². The number of carbonyl (C=O) groups is 1. The van der Waals surface area contributed by atoms with E-state index in [0.717, 1.165) is 57.7 Å². The molecular weight excluding hydrogens is 486 g/mol. The van der Waals surface area contributed by atoms with Crippen LogP contribution in [0.15, 0.2) is 36.7 Å². The van der Waals surface area contributed by atoms with Crippen LogP contribution < -0.4 is 15.5 Å². The molecule has 1 amide bonds. The molecule has 1 saturated carbocycles. The van der Waals surface area contributed by atoms with Crippen LogP contribution in [-0.2, 0) is 4.79 Å². The SMILES string of the molecule is CC(=O)N[C@@H]1C[C@H]2C[C@@H]1CN2c1nnc(-c2cnc(-c3ccc4cc(C#N)cnn34)cc2NC(C)C)s1. The maximum absolute atomic E-state index is 11.5. The number of rotatable bonds is 6. The lowest BCUT2D eigenvalue weighted by molar-refractivity contribution is -0.119. The van der Waals surface area contributed by atoms with Crippen LogP contribution in [0.25, 0.3) is 27.5 Å². The molecule has 188 valence electrons. The van der Waals surface area contributed by atoms with Crippen molar-refractivity contribution in [2.45, 2.75) is 51.7 Å². The van der Waals surface area contributed by atoms with Gasteiger partial charge in [-0.25, -0.2) is 4.52 Å². The molecule has 6 rings (SSSR count). The maximum atomic E-state index is 11.5. The largest absolute Gasteiger partial charge is 0.382 e. The number of amides is 1. The predicted octanol–water partition coefficient (Wildman–Crippen LogP) is 3.71. The van der Waals surface area contributed by atoms with Gasteiger partial charge >= 0.3 is 0 Å². The van der Waals surface area contributed by atoms with E-state index in [1.54, 1.807) is 29.0 Å². The Balaban J connectivity index is 1.29. The zero-order valence-electron chi connectivity index (χ0n) is 20.8. The molecule has 0 spiro atoms. The van der Waals surface area contributed by atoms with E-state index in [2.05, 4.69) is 50.7 Å². The molecule has 0 unspecified atom stereocenters. The van der Waals surface area contributed by atoms with Gasteiger partial charge in [-0.2, -0.15) is 10.4 Å². The van der Waals surface area contributed by atoms with E-state index in [1.807, 2.05) is 30.5 Å². The van der Waals surface area contributed by atoms with Gasteiger partial charge in [0.15, 0.2) is 5.01 Å². The Morgan fingerprint density at radius 1 is 1.22 bits per heavy atom. The normalized spacial score (nSPS) is 20.5. The number of pyridine rings is 1. The van der Waals surface area contributed by atoms with Gasteiger partial charge in [-0.1, -0.05) is 11.3 Å². The number of hydrogen-bond acceptors (Lipinski definition) is 9. The second kappa shape index (κ2) is 9.12. The summed E-state index contributed by atoms with van der Waals surface area (Å²) >= 11 is 1.58. The molecule has 4 aromatic rings. The van der Waals surface area contributed by atoms with Crippen LogP contribution in [0.5, 0.6) is 0 Å². The highest BCUT2D eigenvalue weighted by Gasteiger charge is 2.46. The quantitative estimate of drug-likeness (QED) is 0.400. The van der Waals surface area contributed by atoms with Crippen molar-refractivity contribution in [2.24, 2.45) is 5.92 Å². The molecule has 0 aromatic carbocycles. The van der Waals surface area contributed by atoms with Crippen molar-refractivity contribution in [2.75, 3.05) is 16.8 Å². The third-order valence-corrected chi connectivity index (χ3v) is 8.05. The number of piperidine rings is 1. The Labute approximate surface area is 218 Å². The molecule has 37 heavy (non-hydrogen) atoms. The number of fused-ring (bicyclic) bond motifs is 3. The topological polar surface area (TPSA) is 124 Å². The minimum atomic E-state index is 0.0410. The fraction of sp³-hybridized carbons (Fsp3) is 0.385. The summed E-state index contributed by atoms with van der Waals surface area (Å²) in [6.07, 6.45) is 5.43. The van der Waals surface area contributed by atoms with Gasteiger partial charge in [-0.05, 0) is 56.9 Å². The molecule has 11 heteroatoms. The number of carbonyl (C=O) groups excluding carboxylic acids is 1. The molecule has 4 aromatic heterocycles. The van der Waals surface area contributed by atoms with E-state index < -0.39 is 0 Å². The van der Waals surface area contributed by atoms with Crippen molar-refractivity contribution in [3.05, 3.63) is 42.2 Å². The second-order valence-corrected chi connectivity index (χ2v) is 11.0. The van der Waals surface area contributed by atoms with E-state index in [-0.39, 0.29) is 18.0 Å². The zero-order valence-corrected chi connectivity index (χ0v) is 21.7. The molecule has 1 aliphatic heterocycles. The minimum absolute atomic E-state index is 0.0410. The van der Waals surface area contributed by atoms with Gasteiger partial charge < -0.3 is 15.5 Å². The Morgan fingerprint density at radius 3 is 2.81 bits per heavy atom. The van der Waals surface area contributed by atoms with Crippen LogP contribution in [-0.4, -0.2) is 55.4 Å². The molecule has 2 fully saturated rings. The monoisotopic (exact) mass is 513 g/mol. The van der Waals surface area contributed by atoms with Crippen molar-refractivity contribution in [3.8, 4) is 28.0 Å². The van der Waals surface area contributed by atoms with Gasteiger partial charge in [0.25, 0.3) is 0 Å². The van der Waals surface area contributed by atoms with E-state index >= 15 is 0 Å². The molecule has 5 heterocycles. The van der Waals surface area contributed by atoms with Gasteiger partial charge in [-0.3, -0.25) is 9.78 Å². The van der Waals surface area contributed by atoms with Crippen molar-refractivity contribution >= 4 is 33.6 Å². The minimum Gasteiger partial charge on any atom is -0.382 e. The van der Waals surface area contributed by atoms with E-state index in [4.69, 9.17) is 4.98 Å². The number of nitrogens with zero attached hydrogens (tertiary/aromatic N) is 7. The number of nitriles is 1. The zero-order chi connectivity index (χ0) is 25.7. The molecule has 10 nitrogen and oxygen atoms in total. The van der Waals surface area contributed by atoms with Crippen molar-refractivity contribution in [1.29, 1.82) is 5.26 Å². The Bertz CT molecular complexity index is 1530. The summed E-state index contributed by atoms with van der Waals surface area (Å²) < 4.78 is 1.79. The summed E-state index contributed by atoms with van der Waals surface area (Å²) in [5.41, 5.74) is 4.81. The number of nitrogens with one attached hydrogen (secondary N) is 2. The maximum Gasteiger partial charge on any atom is 0.217 e. The molecule has 2 bridgehead atoms. The van der Waals surface area contributed by atoms with Gasteiger partial charge in [0.2, 0.25) is 11.0 Å². The molecule has 1 aliphatic carbocycles. The first-order chi connectivity index (χ1) is 17.9. The van der Waals surface area contributed by atoms with Crippen molar-refractivity contribution < 1.29 is 4.79 Å². The fourth-order valence-corrected chi connectivity index (χ4v) is 6.47. The Morgan fingerprint density at radius 2 is 2.08 bits per heavy atom. The lowest BCUT2D eigenvalue weighted by Gasteiger charge is -2.31. The summed E-state index contributed by atoms with van der Waals surface area (Å²) in [5.74, 6) is 0.495. The highest BCUT2D eigenvalue weighted by atomic mass is 32.1. The first-order valence-corrected chi connectivity index (χ1v) is 13.2. The smallest absolute Gasteiger partial charge is 0.217 e. The molecule has 1 saturated heterocycles. The summed E-state index contributed by atoms with van der Waals surface area (Å²) in [7, 11) is 0. The summed E-state index contributed by atoms with van der Waals surface area (Å²) in [5, 5.41) is 31.1. The van der Waals surface area contributed by atoms with Crippen LogP contribution in [0.4, 0.5) is 10.8 Å². The summed E-state index contributed by atoms with van der Waals surface area (Å²) in [6.45, 7) is 6.67. The lowest BCUT2D eigenvalue weighted by Crippen LogP contribution is -2.45. The van der Waals surface area contributed by atoms with Gasteiger partial charge in [-0.15, -0.1) is 10.2 Å². The lowest BCUT2D eigenvalue weighted by atomic mass is 10.0. The van der Waals surface area contributed by atoms with E-state index in [9.17, 15) is 10.1 Å². The standard InChI is InChI=1S/C26H27N9OS/c1-14(2)30-22-9-23(24-5-4-18-6-16(10-27)11-29-35(18)24)28-12-20(22)25-32-33-26(37-25)34-13-17-7-19(34)8-21(17)31-15(3)36/h4-6,9,11-12,14,17,19,21H,7-8,13H2,1-3H3,(H,28,30)(H,31,36)/t17-,19-,21-/m1/s1. The fourth-order valence-electron chi connectivity index (χ4n) is 5.52. The Kier molecular flexibility index (Phi) is 5.76. The summed E-state index contributed by atoms with van der Waals surface area (Å²) in [4.78, 5) is 18.6. The van der Waals surface area contributed by atoms with Crippen LogP contribution >= 0.6 is 11.3 Å². The second-order valence-electron chi connectivity index (χ2n) is 10.1. The number of anilines is 2. The number of aromatic nitrogens is 5. The van der Waals surface area contributed by atoms with Gasteiger partial charge in [0.1, 0.15) is 6.07 Å². The van der Waals surface area contributed by atoms with Crippen molar-refractivity contribution in [3.63, 3.8) is 0 Å². The Hall–Kier alpha value is -4.04. The summed E-state index contributed by atoms with van der Waals surface area (Å²) in [6, 6.07) is 10.7. The third kappa shape index (κ3) is 4.27. The van der Waals surface area contributed by atoms with Gasteiger partial charge in [0, 0.05) is 43.5 Å². The van der Waals surface area contributed by atoms with Crippen molar-refractivity contribution in [1.82, 2.24) is 30.1 Å².